The minimum absolute atomic E-state index is 0.319. The van der Waals surface area contributed by atoms with Crippen LogP contribution in [0.15, 0.2) is 0 Å². The molecule has 0 aliphatic carbocycles. The summed E-state index contributed by atoms with van der Waals surface area (Å²) in [5.41, 5.74) is 0. The van der Waals surface area contributed by atoms with Crippen molar-refractivity contribution in [2.24, 2.45) is 0 Å². The van der Waals surface area contributed by atoms with Crippen LogP contribution >= 0.6 is 22.6 Å². The smallest absolute Gasteiger partial charge is 0.195 e. The summed E-state index contributed by atoms with van der Waals surface area (Å²) in [7, 11) is -1.84. The summed E-state index contributed by atoms with van der Waals surface area (Å²) in [6.07, 6.45) is -3.33. The van der Waals surface area contributed by atoms with E-state index in [1.807, 2.05) is 0 Å². The van der Waals surface area contributed by atoms with Gasteiger partial charge in [0.2, 0.25) is 0 Å². The molecule has 1 aliphatic heterocycles. The molecule has 0 amide bonds. The molecular formula is C12H25IO5Si. The quantitative estimate of drug-likeness (QED) is 0.353. The maximum Gasteiger partial charge on any atom is 0.195 e. The lowest BCUT2D eigenvalue weighted by molar-refractivity contribution is -0.225. The van der Waals surface area contributed by atoms with Gasteiger partial charge in [0.1, 0.15) is 12.2 Å². The Hall–Kier alpha value is 0.747. The molecule has 0 radical (unpaired) electrons. The topological polar surface area (TPSA) is 79.2 Å². The first-order valence-electron chi connectivity index (χ1n) is 6.89. The third kappa shape index (κ3) is 3.89. The molecule has 0 aromatic heterocycles. The van der Waals surface area contributed by atoms with Crippen molar-refractivity contribution < 1.29 is 24.5 Å². The molecule has 19 heavy (non-hydrogen) atoms. The fraction of sp³-hybridized carbons (Fsp3) is 1.00. The Kier molecular flexibility index (Phi) is 7.18. The van der Waals surface area contributed by atoms with E-state index in [1.54, 1.807) is 0 Å². The monoisotopic (exact) mass is 404 g/mol. The fourth-order valence-corrected chi connectivity index (χ4v) is 6.10. The van der Waals surface area contributed by atoms with Crippen LogP contribution in [0.2, 0.25) is 18.1 Å². The van der Waals surface area contributed by atoms with Crippen molar-refractivity contribution in [3.05, 3.63) is 0 Å². The summed E-state index contributed by atoms with van der Waals surface area (Å²) in [6.45, 7) is 6.05. The summed E-state index contributed by atoms with van der Waals surface area (Å²) in [5.74, 6) is 0. The Morgan fingerprint density at radius 3 is 2.05 bits per heavy atom. The van der Waals surface area contributed by atoms with Gasteiger partial charge in [0.25, 0.3) is 0 Å². The normalized spacial score (nSPS) is 36.5. The molecule has 0 bridgehead atoms. The first kappa shape index (κ1) is 17.8. The van der Waals surface area contributed by atoms with Gasteiger partial charge in [-0.1, -0.05) is 43.4 Å². The lowest BCUT2D eigenvalue weighted by Gasteiger charge is -2.43. The molecule has 1 saturated heterocycles. The fourth-order valence-electron chi connectivity index (χ4n) is 2.39. The molecular weight excluding hydrogens is 379 g/mol. The van der Waals surface area contributed by atoms with E-state index in [-0.39, 0.29) is 10.5 Å². The van der Waals surface area contributed by atoms with Crippen LogP contribution in [0, 0.1) is 0 Å². The highest BCUT2D eigenvalue weighted by Gasteiger charge is 2.46. The van der Waals surface area contributed by atoms with Gasteiger partial charge in [-0.3, -0.25) is 0 Å². The second-order valence-electron chi connectivity index (χ2n) is 5.01. The van der Waals surface area contributed by atoms with Crippen LogP contribution in [0.25, 0.3) is 0 Å². The maximum atomic E-state index is 10.0. The number of alkyl halides is 1. The minimum Gasteiger partial charge on any atom is -0.394 e. The molecule has 1 heterocycles. The maximum absolute atomic E-state index is 10.0. The Balaban J connectivity index is 2.81. The van der Waals surface area contributed by atoms with Crippen LogP contribution in [0.5, 0.6) is 0 Å². The van der Waals surface area contributed by atoms with Crippen LogP contribution in [0.4, 0.5) is 0 Å². The van der Waals surface area contributed by atoms with E-state index in [2.05, 4.69) is 43.4 Å². The Morgan fingerprint density at radius 2 is 1.63 bits per heavy atom. The average molecular weight is 404 g/mol. The highest BCUT2D eigenvalue weighted by atomic mass is 127. The van der Waals surface area contributed by atoms with Gasteiger partial charge in [0.05, 0.1) is 16.6 Å². The standard InChI is InChI=1S/C12H25IO5Si/c1-4-19(5-2,6-3)18-12-9(13)11(16)10(15)8(7-14)17-12/h8-12,14-16H,4-7H2,1-3H3/t8-,9-,10-,11-,12+/m1/s1. The number of aliphatic hydroxyl groups is 3. The Labute approximate surface area is 129 Å². The van der Waals surface area contributed by atoms with Gasteiger partial charge in [-0.15, -0.1) is 0 Å². The van der Waals surface area contributed by atoms with Crippen molar-refractivity contribution in [2.75, 3.05) is 6.61 Å². The van der Waals surface area contributed by atoms with Crippen molar-refractivity contribution in [1.29, 1.82) is 0 Å². The lowest BCUT2D eigenvalue weighted by atomic mass is 10.0. The molecule has 0 unspecified atom stereocenters. The summed E-state index contributed by atoms with van der Waals surface area (Å²) in [5, 5.41) is 29.0. The average Bonchev–Trinajstić information content (AvgIpc) is 2.45. The van der Waals surface area contributed by atoms with Gasteiger partial charge in [-0.05, 0) is 18.1 Å². The highest BCUT2D eigenvalue weighted by molar-refractivity contribution is 14.1. The van der Waals surface area contributed by atoms with E-state index >= 15 is 0 Å². The van der Waals surface area contributed by atoms with E-state index in [4.69, 9.17) is 9.16 Å². The number of aliphatic hydroxyl groups excluding tert-OH is 3. The first-order valence-corrected chi connectivity index (χ1v) is 10.7. The van der Waals surface area contributed by atoms with Crippen molar-refractivity contribution in [2.45, 2.75) is 67.4 Å². The van der Waals surface area contributed by atoms with E-state index < -0.39 is 32.9 Å². The molecule has 0 spiro atoms. The predicted molar refractivity (Wildman–Crippen MR) is 83.9 cm³/mol. The van der Waals surface area contributed by atoms with Gasteiger partial charge in [0.15, 0.2) is 14.6 Å². The van der Waals surface area contributed by atoms with Crippen LogP contribution in [-0.4, -0.2) is 58.8 Å². The Morgan fingerprint density at radius 1 is 1.11 bits per heavy atom. The third-order valence-corrected chi connectivity index (χ3v) is 10.0. The molecule has 5 nitrogen and oxygen atoms in total. The van der Waals surface area contributed by atoms with Gasteiger partial charge in [-0.25, -0.2) is 0 Å². The van der Waals surface area contributed by atoms with Crippen molar-refractivity contribution in [3.8, 4) is 0 Å². The zero-order valence-corrected chi connectivity index (χ0v) is 14.9. The van der Waals surface area contributed by atoms with Crippen LogP contribution in [0.3, 0.4) is 0 Å². The van der Waals surface area contributed by atoms with Gasteiger partial charge >= 0.3 is 0 Å². The van der Waals surface area contributed by atoms with Crippen LogP contribution in [0.1, 0.15) is 20.8 Å². The summed E-state index contributed by atoms with van der Waals surface area (Å²) in [6, 6.07) is 2.98. The second-order valence-corrected chi connectivity index (χ2v) is 11.2. The van der Waals surface area contributed by atoms with Crippen molar-refractivity contribution >= 4 is 30.9 Å². The number of hydrogen-bond donors (Lipinski definition) is 3. The molecule has 1 rings (SSSR count). The molecule has 0 saturated carbocycles. The predicted octanol–water partition coefficient (Wildman–Crippen LogP) is 1.25. The third-order valence-electron chi connectivity index (χ3n) is 4.11. The second kappa shape index (κ2) is 7.67. The number of halogens is 1. The molecule has 5 atom stereocenters. The van der Waals surface area contributed by atoms with E-state index in [0.29, 0.717) is 0 Å². The molecule has 1 fully saturated rings. The summed E-state index contributed by atoms with van der Waals surface area (Å²) in [4.78, 5) is 0. The van der Waals surface area contributed by atoms with Crippen LogP contribution in [-0.2, 0) is 9.16 Å². The number of ether oxygens (including phenoxy) is 1. The molecule has 114 valence electrons. The minimum atomic E-state index is -1.84. The summed E-state index contributed by atoms with van der Waals surface area (Å²) < 4.78 is 11.5. The zero-order chi connectivity index (χ0) is 14.6. The molecule has 3 N–H and O–H groups in total. The van der Waals surface area contributed by atoms with Crippen LogP contribution < -0.4 is 0 Å². The summed E-state index contributed by atoms with van der Waals surface area (Å²) >= 11 is 2.06. The first-order chi connectivity index (χ1) is 8.94. The van der Waals surface area contributed by atoms with E-state index in [1.165, 1.54) is 0 Å². The van der Waals surface area contributed by atoms with E-state index in [9.17, 15) is 15.3 Å². The number of rotatable bonds is 6. The molecule has 7 heteroatoms. The molecule has 0 aromatic carbocycles. The molecule has 0 aromatic rings. The van der Waals surface area contributed by atoms with Gasteiger partial charge in [-0.2, -0.15) is 0 Å². The van der Waals surface area contributed by atoms with Crippen molar-refractivity contribution in [1.82, 2.24) is 0 Å². The zero-order valence-electron chi connectivity index (χ0n) is 11.8. The van der Waals surface area contributed by atoms with E-state index in [0.717, 1.165) is 18.1 Å². The molecule has 1 aliphatic rings. The highest BCUT2D eigenvalue weighted by Crippen LogP contribution is 2.32. The Bertz CT molecular complexity index is 267. The van der Waals surface area contributed by atoms with Gasteiger partial charge in [0, 0.05) is 0 Å². The van der Waals surface area contributed by atoms with Gasteiger partial charge < -0.3 is 24.5 Å². The largest absolute Gasteiger partial charge is 0.394 e. The van der Waals surface area contributed by atoms with Crippen molar-refractivity contribution in [3.63, 3.8) is 0 Å². The number of hydrogen-bond acceptors (Lipinski definition) is 5. The SMILES string of the molecule is CC[Si](CC)(CC)O[C@@H]1O[C@H](CO)[C@@H](O)[C@H](O)[C@H]1I. The lowest BCUT2D eigenvalue weighted by Crippen LogP contribution is -2.59.